The van der Waals surface area contributed by atoms with Crippen molar-refractivity contribution in [3.05, 3.63) is 73.2 Å². The van der Waals surface area contributed by atoms with Crippen LogP contribution in [-0.2, 0) is 4.79 Å². The number of pyridine rings is 3. The average Bonchev–Trinajstić information content (AvgIpc) is 3.73. The molecule has 7 rings (SSSR count). The number of aromatic nitrogens is 7. The quantitative estimate of drug-likeness (QED) is 0.261. The van der Waals surface area contributed by atoms with E-state index in [4.69, 9.17) is 0 Å². The zero-order valence-electron chi connectivity index (χ0n) is 20.8. The second-order valence-electron chi connectivity index (χ2n) is 9.77. The molecule has 0 unspecified atom stereocenters. The number of fused-ring (bicyclic) bond motifs is 2. The average molecular weight is 519 g/mol. The van der Waals surface area contributed by atoms with Crippen molar-refractivity contribution in [2.75, 3.05) is 5.32 Å². The van der Waals surface area contributed by atoms with Gasteiger partial charge in [-0.05, 0) is 48.7 Å². The Kier molecular flexibility index (Phi) is 5.58. The number of hydrogen-bond acceptors (Lipinski definition) is 6. The summed E-state index contributed by atoms with van der Waals surface area (Å²) in [5, 5.41) is 10.7. The standard InChI is InChI=1S/C29H23FN8O/c30-23-12-18(19-10-20(15-32-14-19)34-29(39)16-4-1-2-5-16)11-22-24(23)37-38-26(22)28-35-25-21(7-9-33-27(25)36-28)17-6-3-8-31-13-17/h3,6-16H,1-2,4-5H2,(H,34,39)(H,37,38)(H,33,35,36). The Morgan fingerprint density at radius 3 is 2.69 bits per heavy atom. The highest BCUT2D eigenvalue weighted by molar-refractivity contribution is 5.98. The highest BCUT2D eigenvalue weighted by atomic mass is 19.1. The van der Waals surface area contributed by atoms with Crippen molar-refractivity contribution < 1.29 is 9.18 Å². The maximum Gasteiger partial charge on any atom is 0.227 e. The van der Waals surface area contributed by atoms with Crippen LogP contribution in [-0.4, -0.2) is 41.0 Å². The van der Waals surface area contributed by atoms with E-state index in [0.29, 0.717) is 39.4 Å². The first-order valence-corrected chi connectivity index (χ1v) is 12.8. The minimum Gasteiger partial charge on any atom is -0.335 e. The summed E-state index contributed by atoms with van der Waals surface area (Å²) in [6, 6.07) is 10.8. The summed E-state index contributed by atoms with van der Waals surface area (Å²) in [4.78, 5) is 33.5. The van der Waals surface area contributed by atoms with Gasteiger partial charge >= 0.3 is 0 Å². The van der Waals surface area contributed by atoms with Gasteiger partial charge in [0.25, 0.3) is 0 Å². The molecule has 1 saturated carbocycles. The van der Waals surface area contributed by atoms with E-state index in [0.717, 1.165) is 42.3 Å². The fourth-order valence-corrected chi connectivity index (χ4v) is 5.31. The first-order valence-electron chi connectivity index (χ1n) is 12.8. The third-order valence-corrected chi connectivity index (χ3v) is 7.28. The van der Waals surface area contributed by atoms with E-state index in [-0.39, 0.29) is 17.3 Å². The molecule has 0 bridgehead atoms. The Bertz CT molecular complexity index is 1840. The number of benzene rings is 1. The van der Waals surface area contributed by atoms with Crippen LogP contribution >= 0.6 is 0 Å². The molecule has 0 spiro atoms. The van der Waals surface area contributed by atoms with Crippen LogP contribution in [0, 0.1) is 11.7 Å². The van der Waals surface area contributed by atoms with Crippen LogP contribution < -0.4 is 5.32 Å². The number of anilines is 1. The molecular formula is C29H23FN8O. The summed E-state index contributed by atoms with van der Waals surface area (Å²) in [7, 11) is 0. The van der Waals surface area contributed by atoms with Crippen LogP contribution in [0.15, 0.2) is 67.4 Å². The van der Waals surface area contributed by atoms with Gasteiger partial charge in [-0.25, -0.2) is 14.4 Å². The van der Waals surface area contributed by atoms with Crippen LogP contribution in [0.1, 0.15) is 25.7 Å². The van der Waals surface area contributed by atoms with Gasteiger partial charge in [0, 0.05) is 52.8 Å². The van der Waals surface area contributed by atoms with E-state index in [1.54, 1.807) is 31.0 Å². The number of H-pyrrole nitrogens is 2. The lowest BCUT2D eigenvalue weighted by Gasteiger charge is -2.11. The third-order valence-electron chi connectivity index (χ3n) is 7.28. The summed E-state index contributed by atoms with van der Waals surface area (Å²) in [5.41, 5.74) is 5.72. The van der Waals surface area contributed by atoms with Gasteiger partial charge in [-0.15, -0.1) is 0 Å². The second kappa shape index (κ2) is 9.39. The van der Waals surface area contributed by atoms with Crippen LogP contribution in [0.5, 0.6) is 0 Å². The van der Waals surface area contributed by atoms with Gasteiger partial charge in [-0.1, -0.05) is 18.9 Å². The van der Waals surface area contributed by atoms with Gasteiger partial charge in [-0.3, -0.25) is 19.9 Å². The Balaban J connectivity index is 1.27. The van der Waals surface area contributed by atoms with Gasteiger partial charge in [0.2, 0.25) is 5.91 Å². The van der Waals surface area contributed by atoms with Crippen molar-refractivity contribution in [2.45, 2.75) is 25.7 Å². The number of imidazole rings is 1. The number of aromatic amines is 2. The Morgan fingerprint density at radius 1 is 0.974 bits per heavy atom. The number of hydrogen-bond donors (Lipinski definition) is 3. The SMILES string of the molecule is O=C(Nc1cncc(-c2cc(F)c3n[nH]c(-c4nc5nccc(-c6cccnc6)c5[nH]4)c3c2)c1)C1CCCC1. The Hall–Kier alpha value is -4.99. The van der Waals surface area contributed by atoms with E-state index in [9.17, 15) is 4.79 Å². The van der Waals surface area contributed by atoms with E-state index >= 15 is 4.39 Å². The van der Waals surface area contributed by atoms with E-state index < -0.39 is 5.82 Å². The number of halogens is 1. The number of amides is 1. The molecule has 0 aliphatic heterocycles. The molecular weight excluding hydrogens is 495 g/mol. The van der Waals surface area contributed by atoms with Crippen LogP contribution in [0.25, 0.3) is 55.8 Å². The van der Waals surface area contributed by atoms with Gasteiger partial charge in [0.05, 0.1) is 17.4 Å². The number of nitrogens with one attached hydrogen (secondary N) is 3. The van der Waals surface area contributed by atoms with Crippen LogP contribution in [0.2, 0.25) is 0 Å². The molecule has 1 amide bonds. The van der Waals surface area contributed by atoms with Crippen LogP contribution in [0.4, 0.5) is 10.1 Å². The molecule has 1 aromatic carbocycles. The van der Waals surface area contributed by atoms with Gasteiger partial charge in [0.15, 0.2) is 17.3 Å². The van der Waals surface area contributed by atoms with Crippen molar-refractivity contribution in [1.82, 2.24) is 35.1 Å². The highest BCUT2D eigenvalue weighted by Gasteiger charge is 2.23. The fraction of sp³-hybridized carbons (Fsp3) is 0.172. The number of carbonyl (C=O) groups excluding carboxylic acids is 1. The molecule has 3 N–H and O–H groups in total. The van der Waals surface area contributed by atoms with Gasteiger partial charge in [-0.2, -0.15) is 5.10 Å². The molecule has 0 saturated heterocycles. The Labute approximate surface area is 222 Å². The first-order chi connectivity index (χ1) is 19.1. The Morgan fingerprint density at radius 2 is 1.85 bits per heavy atom. The predicted octanol–water partition coefficient (Wildman–Crippen LogP) is 5.89. The summed E-state index contributed by atoms with van der Waals surface area (Å²) >= 11 is 0. The second-order valence-corrected chi connectivity index (χ2v) is 9.77. The molecule has 1 aliphatic carbocycles. The maximum absolute atomic E-state index is 15.2. The number of rotatable bonds is 5. The molecule has 39 heavy (non-hydrogen) atoms. The minimum atomic E-state index is -0.476. The van der Waals surface area contributed by atoms with Gasteiger partial charge in [0.1, 0.15) is 11.2 Å². The molecule has 6 aromatic rings. The minimum absolute atomic E-state index is 0.00866. The van der Waals surface area contributed by atoms with Crippen molar-refractivity contribution in [3.8, 4) is 33.8 Å². The largest absolute Gasteiger partial charge is 0.335 e. The molecule has 1 fully saturated rings. The lowest BCUT2D eigenvalue weighted by atomic mass is 10.0. The monoisotopic (exact) mass is 518 g/mol. The summed E-state index contributed by atoms with van der Waals surface area (Å²) < 4.78 is 15.2. The maximum atomic E-state index is 15.2. The van der Waals surface area contributed by atoms with Crippen molar-refractivity contribution in [1.29, 1.82) is 0 Å². The normalized spacial score (nSPS) is 13.9. The number of nitrogens with zero attached hydrogens (tertiary/aromatic N) is 5. The molecule has 1 aliphatic rings. The number of carbonyl (C=O) groups is 1. The molecule has 9 nitrogen and oxygen atoms in total. The molecule has 5 aromatic heterocycles. The lowest BCUT2D eigenvalue weighted by Crippen LogP contribution is -2.20. The van der Waals surface area contributed by atoms with Crippen molar-refractivity contribution in [3.63, 3.8) is 0 Å². The van der Waals surface area contributed by atoms with Gasteiger partial charge < -0.3 is 10.3 Å². The summed E-state index contributed by atoms with van der Waals surface area (Å²) in [6.45, 7) is 0. The predicted molar refractivity (Wildman–Crippen MR) is 146 cm³/mol. The zero-order chi connectivity index (χ0) is 26.3. The topological polar surface area (TPSA) is 125 Å². The third kappa shape index (κ3) is 4.19. The van der Waals surface area contributed by atoms with E-state index in [1.807, 2.05) is 30.3 Å². The van der Waals surface area contributed by atoms with Crippen molar-refractivity contribution >= 4 is 33.7 Å². The first kappa shape index (κ1) is 23.2. The van der Waals surface area contributed by atoms with E-state index in [2.05, 4.69) is 40.4 Å². The zero-order valence-corrected chi connectivity index (χ0v) is 20.8. The van der Waals surface area contributed by atoms with E-state index in [1.165, 1.54) is 6.07 Å². The highest BCUT2D eigenvalue weighted by Crippen LogP contribution is 2.34. The molecule has 0 radical (unpaired) electrons. The summed E-state index contributed by atoms with van der Waals surface area (Å²) in [6.07, 6.45) is 12.4. The summed E-state index contributed by atoms with van der Waals surface area (Å²) in [5.74, 6) is 0.0570. The molecule has 192 valence electrons. The fourth-order valence-electron chi connectivity index (χ4n) is 5.31. The lowest BCUT2D eigenvalue weighted by molar-refractivity contribution is -0.119. The molecule has 0 atom stereocenters. The smallest absolute Gasteiger partial charge is 0.227 e. The molecule has 10 heteroatoms. The van der Waals surface area contributed by atoms with Crippen LogP contribution in [0.3, 0.4) is 0 Å². The van der Waals surface area contributed by atoms with Crippen molar-refractivity contribution in [2.24, 2.45) is 5.92 Å². The molecule has 5 heterocycles.